The predicted molar refractivity (Wildman–Crippen MR) is 115 cm³/mol. The highest BCUT2D eigenvalue weighted by Crippen LogP contribution is 2.79. The molecule has 4 nitrogen and oxygen atoms in total. The Labute approximate surface area is 182 Å². The average Bonchev–Trinajstić information content (AvgIpc) is 3.31. The third-order valence-electron chi connectivity index (χ3n) is 10.4. The first-order valence-corrected chi connectivity index (χ1v) is 12.7. The van der Waals surface area contributed by atoms with Crippen LogP contribution in [0.2, 0.25) is 0 Å². The van der Waals surface area contributed by atoms with Crippen molar-refractivity contribution >= 4 is 28.6 Å². The molecule has 0 radical (unpaired) electrons. The SMILES string of the molecule is CC(=O)S[C@@H]1CC2=CC(=O)CCC2(C)C2CCC3(C)C(C4CC4[C@]34CCC(=O)O4)C21. The smallest absolute Gasteiger partial charge is 0.306 e. The fourth-order valence-corrected chi connectivity index (χ4v) is 10.4. The molecule has 7 unspecified atom stereocenters. The third-order valence-corrected chi connectivity index (χ3v) is 11.5. The Bertz CT molecular complexity index is 894. The molecular weight excluding hydrogens is 396 g/mol. The number of hydrogen-bond acceptors (Lipinski definition) is 5. The molecule has 9 atom stereocenters. The van der Waals surface area contributed by atoms with Crippen molar-refractivity contribution in [1.29, 1.82) is 0 Å². The van der Waals surface area contributed by atoms with Gasteiger partial charge in [-0.2, -0.15) is 0 Å². The second kappa shape index (κ2) is 6.02. The standard InChI is InChI=1S/C25H32O4S/c1-13(26)30-19-11-14-10-15(27)4-7-23(14,2)17-5-8-24(3)22(21(17)19)16-12-18(16)25(24)9-6-20(28)29-25/h10,16-19,21-22H,4-9,11-12H2,1-3H3/t16?,17?,18?,19-,21?,22?,23?,24?,25-/m1/s1. The molecule has 1 heterocycles. The van der Waals surface area contributed by atoms with Crippen molar-refractivity contribution in [2.24, 2.45) is 40.4 Å². The summed E-state index contributed by atoms with van der Waals surface area (Å²) < 4.78 is 6.21. The lowest BCUT2D eigenvalue weighted by Gasteiger charge is -2.62. The number of carbonyl (C=O) groups is 3. The van der Waals surface area contributed by atoms with E-state index >= 15 is 0 Å². The van der Waals surface area contributed by atoms with Gasteiger partial charge in [0.1, 0.15) is 5.60 Å². The summed E-state index contributed by atoms with van der Waals surface area (Å²) in [5.74, 6) is 2.94. The molecule has 5 aliphatic carbocycles. The molecule has 6 rings (SSSR count). The van der Waals surface area contributed by atoms with Gasteiger partial charge in [0, 0.05) is 36.3 Å². The lowest BCUT2D eigenvalue weighted by molar-refractivity contribution is -0.176. The minimum atomic E-state index is -0.255. The summed E-state index contributed by atoms with van der Waals surface area (Å²) in [5.41, 5.74) is 1.16. The molecule has 0 N–H and O–H groups in total. The van der Waals surface area contributed by atoms with E-state index in [1.54, 1.807) is 6.92 Å². The summed E-state index contributed by atoms with van der Waals surface area (Å²) in [4.78, 5) is 36.7. The molecule has 0 aromatic heterocycles. The van der Waals surface area contributed by atoms with Gasteiger partial charge in [0.05, 0.1) is 0 Å². The number of carbonyl (C=O) groups excluding carboxylic acids is 3. The highest BCUT2D eigenvalue weighted by atomic mass is 32.2. The van der Waals surface area contributed by atoms with E-state index in [0.29, 0.717) is 42.4 Å². The van der Waals surface area contributed by atoms with Crippen LogP contribution in [0.4, 0.5) is 0 Å². The van der Waals surface area contributed by atoms with Crippen LogP contribution in [0, 0.1) is 40.4 Å². The van der Waals surface area contributed by atoms with E-state index in [-0.39, 0.29) is 38.5 Å². The zero-order valence-corrected chi connectivity index (χ0v) is 19.1. The van der Waals surface area contributed by atoms with Gasteiger partial charge in [-0.15, -0.1) is 0 Å². The van der Waals surface area contributed by atoms with Crippen LogP contribution in [-0.2, 0) is 19.1 Å². The van der Waals surface area contributed by atoms with Crippen LogP contribution in [0.15, 0.2) is 11.6 Å². The Morgan fingerprint density at radius 2 is 1.93 bits per heavy atom. The Morgan fingerprint density at radius 3 is 2.63 bits per heavy atom. The summed E-state index contributed by atoms with van der Waals surface area (Å²) in [7, 11) is 0. The zero-order chi connectivity index (χ0) is 21.1. The van der Waals surface area contributed by atoms with Gasteiger partial charge < -0.3 is 4.74 Å². The second-order valence-corrected chi connectivity index (χ2v) is 12.9. The van der Waals surface area contributed by atoms with E-state index in [4.69, 9.17) is 4.74 Å². The number of allylic oxidation sites excluding steroid dienone is 1. The topological polar surface area (TPSA) is 60.4 Å². The first-order valence-electron chi connectivity index (χ1n) is 11.8. The van der Waals surface area contributed by atoms with Crippen molar-refractivity contribution in [3.8, 4) is 0 Å². The van der Waals surface area contributed by atoms with Gasteiger partial charge in [-0.05, 0) is 73.7 Å². The molecule has 0 amide bonds. The summed E-state index contributed by atoms with van der Waals surface area (Å²) >= 11 is 1.52. The second-order valence-electron chi connectivity index (χ2n) is 11.4. The van der Waals surface area contributed by atoms with Crippen LogP contribution in [0.25, 0.3) is 0 Å². The highest BCUT2D eigenvalue weighted by molar-refractivity contribution is 8.14. The summed E-state index contributed by atoms with van der Waals surface area (Å²) in [6.45, 7) is 6.49. The van der Waals surface area contributed by atoms with Gasteiger partial charge in [0.25, 0.3) is 0 Å². The molecule has 0 aromatic carbocycles. The minimum absolute atomic E-state index is 0.00840. The largest absolute Gasteiger partial charge is 0.458 e. The normalized spacial score (nSPS) is 53.4. The maximum atomic E-state index is 12.3. The number of ketones is 1. The van der Waals surface area contributed by atoms with Gasteiger partial charge in [-0.3, -0.25) is 14.4 Å². The fraction of sp³-hybridized carbons (Fsp3) is 0.800. The van der Waals surface area contributed by atoms with E-state index < -0.39 is 0 Å². The number of hydrogen-bond donors (Lipinski definition) is 0. The van der Waals surface area contributed by atoms with E-state index in [1.807, 2.05) is 6.08 Å². The van der Waals surface area contributed by atoms with E-state index in [2.05, 4.69) is 13.8 Å². The van der Waals surface area contributed by atoms with Gasteiger partial charge in [0.2, 0.25) is 0 Å². The molecule has 0 bridgehead atoms. The van der Waals surface area contributed by atoms with E-state index in [9.17, 15) is 14.4 Å². The van der Waals surface area contributed by atoms with Gasteiger partial charge in [0.15, 0.2) is 10.9 Å². The third kappa shape index (κ3) is 2.28. The summed E-state index contributed by atoms with van der Waals surface area (Å²) in [6, 6.07) is 0. The molecular formula is C25H32O4S. The lowest BCUT2D eigenvalue weighted by Crippen LogP contribution is -2.59. The van der Waals surface area contributed by atoms with Crippen LogP contribution in [0.1, 0.15) is 72.1 Å². The van der Waals surface area contributed by atoms with E-state index in [1.165, 1.54) is 23.8 Å². The van der Waals surface area contributed by atoms with Crippen molar-refractivity contribution < 1.29 is 19.1 Å². The van der Waals surface area contributed by atoms with Crippen LogP contribution >= 0.6 is 11.8 Å². The van der Waals surface area contributed by atoms with Crippen LogP contribution in [-0.4, -0.2) is 27.7 Å². The van der Waals surface area contributed by atoms with Gasteiger partial charge in [-0.25, -0.2) is 0 Å². The first-order chi connectivity index (χ1) is 14.2. The predicted octanol–water partition coefficient (Wildman–Crippen LogP) is 4.71. The van der Waals surface area contributed by atoms with Crippen molar-refractivity contribution in [1.82, 2.24) is 0 Å². The molecule has 162 valence electrons. The molecule has 6 aliphatic rings. The van der Waals surface area contributed by atoms with Gasteiger partial charge >= 0.3 is 5.97 Å². The number of fused-ring (bicyclic) bond motifs is 9. The summed E-state index contributed by atoms with van der Waals surface area (Å²) in [6.07, 6.45) is 9.27. The quantitative estimate of drug-likeness (QED) is 0.566. The molecule has 5 fully saturated rings. The molecule has 1 aliphatic heterocycles. The lowest BCUT2D eigenvalue weighted by atomic mass is 9.45. The Balaban J connectivity index is 1.45. The van der Waals surface area contributed by atoms with Crippen LogP contribution in [0.3, 0.4) is 0 Å². The number of thioether (sulfide) groups is 1. The molecule has 4 saturated carbocycles. The zero-order valence-electron chi connectivity index (χ0n) is 18.2. The van der Waals surface area contributed by atoms with Crippen LogP contribution < -0.4 is 0 Å². The minimum Gasteiger partial charge on any atom is -0.458 e. The van der Waals surface area contributed by atoms with Gasteiger partial charge in [-0.1, -0.05) is 31.2 Å². The molecule has 1 saturated heterocycles. The number of rotatable bonds is 1. The summed E-state index contributed by atoms with van der Waals surface area (Å²) in [5, 5.41) is 0.431. The maximum absolute atomic E-state index is 12.3. The van der Waals surface area contributed by atoms with Crippen molar-refractivity contribution in [3.63, 3.8) is 0 Å². The number of esters is 1. The molecule has 0 aromatic rings. The molecule has 30 heavy (non-hydrogen) atoms. The Kier molecular flexibility index (Phi) is 3.93. The van der Waals surface area contributed by atoms with Crippen LogP contribution in [0.5, 0.6) is 0 Å². The molecule has 1 spiro atoms. The highest BCUT2D eigenvalue weighted by Gasteiger charge is 2.79. The fourth-order valence-electron chi connectivity index (χ4n) is 9.18. The maximum Gasteiger partial charge on any atom is 0.306 e. The monoisotopic (exact) mass is 428 g/mol. The first kappa shape index (κ1) is 19.6. The average molecular weight is 429 g/mol. The Hall–Kier alpha value is -1.10. The molecule has 5 heteroatoms. The van der Waals surface area contributed by atoms with Crippen molar-refractivity contribution in [2.75, 3.05) is 0 Å². The van der Waals surface area contributed by atoms with Crippen molar-refractivity contribution in [3.05, 3.63) is 11.6 Å². The van der Waals surface area contributed by atoms with Crippen molar-refractivity contribution in [2.45, 2.75) is 83.0 Å². The van der Waals surface area contributed by atoms with E-state index in [0.717, 1.165) is 32.1 Å². The Morgan fingerprint density at radius 1 is 1.13 bits per heavy atom. The number of ether oxygens (including phenoxy) is 1.